The first-order chi connectivity index (χ1) is 9.61. The van der Waals surface area contributed by atoms with Crippen LogP contribution in [-0.4, -0.2) is 21.2 Å². The number of carboxylic acid groups (broad SMARTS) is 1. The van der Waals surface area contributed by atoms with Gasteiger partial charge >= 0.3 is 5.97 Å². The average molecular weight is 287 g/mol. The van der Waals surface area contributed by atoms with Crippen molar-refractivity contribution >= 4 is 27.5 Å². The van der Waals surface area contributed by atoms with Gasteiger partial charge in [0.05, 0.1) is 15.8 Å². The Labute approximate surface area is 117 Å². The second-order valence-corrected chi connectivity index (χ2v) is 5.06. The Morgan fingerprint density at radius 3 is 2.75 bits per heavy atom. The number of aromatic hydroxyl groups is 1. The van der Waals surface area contributed by atoms with Crippen molar-refractivity contribution in [3.05, 3.63) is 48.0 Å². The molecule has 5 nitrogen and oxygen atoms in total. The summed E-state index contributed by atoms with van der Waals surface area (Å²) in [6, 6.07) is 11.4. The van der Waals surface area contributed by atoms with Crippen LogP contribution in [0.15, 0.2) is 42.5 Å². The van der Waals surface area contributed by atoms with Crippen molar-refractivity contribution in [3.8, 4) is 16.7 Å². The molecule has 0 fully saturated rings. The highest BCUT2D eigenvalue weighted by Crippen LogP contribution is 2.32. The van der Waals surface area contributed by atoms with Crippen molar-refractivity contribution in [2.75, 3.05) is 0 Å². The lowest BCUT2D eigenvalue weighted by atomic mass is 10.2. The van der Waals surface area contributed by atoms with Crippen LogP contribution in [0.25, 0.3) is 10.2 Å². The molecule has 100 valence electrons. The highest BCUT2D eigenvalue weighted by atomic mass is 32.1. The molecule has 0 aliphatic heterocycles. The molecular weight excluding hydrogens is 278 g/mol. The summed E-state index contributed by atoms with van der Waals surface area (Å²) < 4.78 is 6.49. The van der Waals surface area contributed by atoms with Crippen molar-refractivity contribution in [1.82, 2.24) is 4.98 Å². The van der Waals surface area contributed by atoms with E-state index in [1.165, 1.54) is 23.5 Å². The molecule has 0 spiro atoms. The minimum Gasteiger partial charge on any atom is -0.508 e. The average Bonchev–Trinajstić information content (AvgIpc) is 2.79. The van der Waals surface area contributed by atoms with Crippen molar-refractivity contribution in [2.24, 2.45) is 0 Å². The van der Waals surface area contributed by atoms with Crippen LogP contribution in [0.2, 0.25) is 0 Å². The summed E-state index contributed by atoms with van der Waals surface area (Å²) in [5.74, 6) is -1.06. The molecule has 0 unspecified atom stereocenters. The number of carbonyl (C=O) groups is 1. The Hall–Kier alpha value is -2.60. The first kappa shape index (κ1) is 12.4. The number of ether oxygens (including phenoxy) is 1. The summed E-state index contributed by atoms with van der Waals surface area (Å²) in [7, 11) is 0. The molecule has 0 aliphatic rings. The van der Waals surface area contributed by atoms with Crippen LogP contribution in [0.4, 0.5) is 0 Å². The molecular formula is C14H9NO4S. The van der Waals surface area contributed by atoms with Gasteiger partial charge in [-0.2, -0.15) is 0 Å². The highest BCUT2D eigenvalue weighted by Gasteiger charge is 2.10. The number of carboxylic acids is 1. The third-order valence-corrected chi connectivity index (χ3v) is 3.53. The number of aromatic nitrogens is 1. The Morgan fingerprint density at radius 1 is 1.20 bits per heavy atom. The van der Waals surface area contributed by atoms with Crippen LogP contribution in [-0.2, 0) is 0 Å². The first-order valence-electron chi connectivity index (χ1n) is 5.72. The van der Waals surface area contributed by atoms with E-state index in [2.05, 4.69) is 4.98 Å². The van der Waals surface area contributed by atoms with Gasteiger partial charge in [0.15, 0.2) is 0 Å². The lowest BCUT2D eigenvalue weighted by Crippen LogP contribution is -1.96. The van der Waals surface area contributed by atoms with Crippen molar-refractivity contribution in [1.29, 1.82) is 0 Å². The van der Waals surface area contributed by atoms with E-state index in [-0.39, 0.29) is 17.1 Å². The van der Waals surface area contributed by atoms with Crippen molar-refractivity contribution in [3.63, 3.8) is 0 Å². The standard InChI is InChI=1S/C14H9NO4S/c16-9-5-8(13(17)18)6-10(7-9)19-14-15-11-3-1-2-4-12(11)20-14/h1-7,16H,(H,17,18). The topological polar surface area (TPSA) is 79.7 Å². The largest absolute Gasteiger partial charge is 0.508 e. The summed E-state index contributed by atoms with van der Waals surface area (Å²) in [5, 5.41) is 18.8. The van der Waals surface area contributed by atoms with Gasteiger partial charge in [0.25, 0.3) is 5.19 Å². The fourth-order valence-corrected chi connectivity index (χ4v) is 2.60. The number of phenols is 1. The number of benzene rings is 2. The van der Waals surface area contributed by atoms with Gasteiger partial charge in [0, 0.05) is 6.07 Å². The predicted molar refractivity (Wildman–Crippen MR) is 74.8 cm³/mol. The molecule has 1 aromatic heterocycles. The van der Waals surface area contributed by atoms with Gasteiger partial charge in [0.1, 0.15) is 11.5 Å². The first-order valence-corrected chi connectivity index (χ1v) is 6.54. The third kappa shape index (κ3) is 2.41. The van der Waals surface area contributed by atoms with Crippen LogP contribution < -0.4 is 4.74 Å². The molecule has 3 aromatic rings. The number of thiazole rings is 1. The van der Waals surface area contributed by atoms with E-state index in [4.69, 9.17) is 9.84 Å². The molecule has 2 aromatic carbocycles. The molecule has 2 N–H and O–H groups in total. The molecule has 0 atom stereocenters. The summed E-state index contributed by atoms with van der Waals surface area (Å²) in [4.78, 5) is 15.2. The Bertz CT molecular complexity index is 764. The Kier molecular flexibility index (Phi) is 3.00. The van der Waals surface area contributed by atoms with E-state index in [1.807, 2.05) is 24.3 Å². The maximum atomic E-state index is 10.9. The van der Waals surface area contributed by atoms with Gasteiger partial charge in [-0.15, -0.1) is 0 Å². The number of fused-ring (bicyclic) bond motifs is 1. The molecule has 0 amide bonds. The molecule has 0 radical (unpaired) electrons. The zero-order chi connectivity index (χ0) is 14.1. The summed E-state index contributed by atoms with van der Waals surface area (Å²) in [5.41, 5.74) is 0.771. The third-order valence-electron chi connectivity index (χ3n) is 2.62. The van der Waals surface area contributed by atoms with Gasteiger partial charge in [-0.1, -0.05) is 23.5 Å². The minimum atomic E-state index is -1.13. The minimum absolute atomic E-state index is 0.0406. The van der Waals surface area contributed by atoms with E-state index in [0.717, 1.165) is 16.3 Å². The molecule has 1 heterocycles. The fraction of sp³-hybridized carbons (Fsp3) is 0. The molecule has 6 heteroatoms. The van der Waals surface area contributed by atoms with E-state index in [0.29, 0.717) is 5.19 Å². The van der Waals surface area contributed by atoms with E-state index in [9.17, 15) is 9.90 Å². The highest BCUT2D eigenvalue weighted by molar-refractivity contribution is 7.20. The Morgan fingerprint density at radius 2 is 2.00 bits per heavy atom. The van der Waals surface area contributed by atoms with Crippen LogP contribution in [0, 0.1) is 0 Å². The monoisotopic (exact) mass is 287 g/mol. The maximum Gasteiger partial charge on any atom is 0.335 e. The van der Waals surface area contributed by atoms with Crippen molar-refractivity contribution in [2.45, 2.75) is 0 Å². The molecule has 3 rings (SSSR count). The van der Waals surface area contributed by atoms with Crippen LogP contribution in [0.1, 0.15) is 10.4 Å². The summed E-state index contributed by atoms with van der Waals surface area (Å²) >= 11 is 1.35. The molecule has 20 heavy (non-hydrogen) atoms. The second-order valence-electron chi connectivity index (χ2n) is 4.07. The van der Waals surface area contributed by atoms with Crippen LogP contribution in [0.5, 0.6) is 16.7 Å². The molecule has 0 saturated carbocycles. The predicted octanol–water partition coefficient (Wildman–Crippen LogP) is 3.49. The van der Waals surface area contributed by atoms with Gasteiger partial charge in [-0.05, 0) is 24.3 Å². The maximum absolute atomic E-state index is 10.9. The molecule has 0 bridgehead atoms. The number of phenolic OH excluding ortho intramolecular Hbond substituents is 1. The zero-order valence-corrected chi connectivity index (χ0v) is 10.9. The number of rotatable bonds is 3. The molecule has 0 saturated heterocycles. The fourth-order valence-electron chi connectivity index (χ4n) is 1.76. The lowest BCUT2D eigenvalue weighted by molar-refractivity contribution is 0.0696. The van der Waals surface area contributed by atoms with Crippen LogP contribution in [0.3, 0.4) is 0 Å². The van der Waals surface area contributed by atoms with Gasteiger partial charge in [0.2, 0.25) is 0 Å². The smallest absolute Gasteiger partial charge is 0.335 e. The Balaban J connectivity index is 1.96. The van der Waals surface area contributed by atoms with E-state index >= 15 is 0 Å². The number of nitrogens with zero attached hydrogens (tertiary/aromatic N) is 1. The number of aromatic carboxylic acids is 1. The van der Waals surface area contributed by atoms with Gasteiger partial charge < -0.3 is 14.9 Å². The zero-order valence-electron chi connectivity index (χ0n) is 10.1. The lowest BCUT2D eigenvalue weighted by Gasteiger charge is -2.03. The van der Waals surface area contributed by atoms with Crippen molar-refractivity contribution < 1.29 is 19.7 Å². The quantitative estimate of drug-likeness (QED) is 0.770. The van der Waals surface area contributed by atoms with Gasteiger partial charge in [-0.3, -0.25) is 0 Å². The summed E-state index contributed by atoms with van der Waals surface area (Å²) in [6.07, 6.45) is 0. The number of hydrogen-bond acceptors (Lipinski definition) is 5. The normalized spacial score (nSPS) is 10.6. The van der Waals surface area contributed by atoms with E-state index in [1.54, 1.807) is 0 Å². The van der Waals surface area contributed by atoms with Gasteiger partial charge in [-0.25, -0.2) is 9.78 Å². The van der Waals surface area contributed by atoms with E-state index < -0.39 is 5.97 Å². The SMILES string of the molecule is O=C(O)c1cc(O)cc(Oc2nc3ccccc3s2)c1. The number of para-hydroxylation sites is 1. The number of hydrogen-bond donors (Lipinski definition) is 2. The summed E-state index contributed by atoms with van der Waals surface area (Å²) in [6.45, 7) is 0. The molecule has 0 aliphatic carbocycles. The second kappa shape index (κ2) is 4.82. The van der Waals surface area contributed by atoms with Crippen LogP contribution >= 0.6 is 11.3 Å².